The Labute approximate surface area is 205 Å². The number of benzene rings is 1. The van der Waals surface area contributed by atoms with Crippen LogP contribution in [0.25, 0.3) is 5.57 Å². The summed E-state index contributed by atoms with van der Waals surface area (Å²) < 4.78 is 41.9. The number of nitrogens with one attached hydrogen (secondary N) is 1. The zero-order valence-electron chi connectivity index (χ0n) is 20.2. The van der Waals surface area contributed by atoms with Gasteiger partial charge in [0.15, 0.2) is 15.6 Å². The molecule has 0 bridgehead atoms. The second kappa shape index (κ2) is 11.5. The van der Waals surface area contributed by atoms with Crippen LogP contribution in [0.15, 0.2) is 88.8 Å². The van der Waals surface area contributed by atoms with E-state index in [-0.39, 0.29) is 22.8 Å². The minimum Gasteiger partial charge on any atom is -0.495 e. The molecule has 0 radical (unpaired) electrons. The number of pyridine rings is 1. The molecule has 1 unspecified atom stereocenters. The third-order valence-electron chi connectivity index (χ3n) is 5.14. The number of hydrogen-bond donors (Lipinski definition) is 1. The molecule has 3 aromatic rings. The summed E-state index contributed by atoms with van der Waals surface area (Å²) in [6.45, 7) is 9.18. The molecule has 1 aromatic carbocycles. The van der Waals surface area contributed by atoms with E-state index in [4.69, 9.17) is 13.9 Å². The van der Waals surface area contributed by atoms with E-state index in [0.717, 1.165) is 5.56 Å². The number of nitrogens with zero attached hydrogens (tertiary/aromatic N) is 2. The fourth-order valence-corrected chi connectivity index (χ4v) is 4.19. The van der Waals surface area contributed by atoms with Crippen molar-refractivity contribution in [2.45, 2.75) is 31.8 Å². The smallest absolute Gasteiger partial charge is 0.299 e. The maximum Gasteiger partial charge on any atom is 0.299 e. The van der Waals surface area contributed by atoms with E-state index < -0.39 is 9.84 Å². The molecule has 0 aliphatic carbocycles. The molecule has 0 aliphatic rings. The van der Waals surface area contributed by atoms with Crippen LogP contribution in [0.4, 0.5) is 11.7 Å². The Morgan fingerprint density at radius 1 is 1.26 bits per heavy atom. The van der Waals surface area contributed by atoms with Crippen molar-refractivity contribution in [3.8, 4) is 5.75 Å². The molecular weight excluding hydrogens is 466 g/mol. The van der Waals surface area contributed by atoms with Crippen LogP contribution >= 0.6 is 0 Å². The normalized spacial score (nSPS) is 13.3. The summed E-state index contributed by atoms with van der Waals surface area (Å²) in [7, 11) is -1.89. The lowest BCUT2D eigenvalue weighted by Crippen LogP contribution is -2.05. The molecule has 3 rings (SSSR count). The quantitative estimate of drug-likeness (QED) is 0.260. The average Bonchev–Trinajstić information content (AvgIpc) is 3.32. The monoisotopic (exact) mass is 495 g/mol. The van der Waals surface area contributed by atoms with Gasteiger partial charge in [-0.05, 0) is 55.8 Å². The van der Waals surface area contributed by atoms with Crippen molar-refractivity contribution >= 4 is 27.1 Å². The topological polar surface area (TPSA) is 104 Å². The van der Waals surface area contributed by atoms with Crippen LogP contribution in [0, 0.1) is 0 Å². The van der Waals surface area contributed by atoms with Crippen molar-refractivity contribution in [2.75, 3.05) is 18.2 Å². The molecule has 0 spiro atoms. The minimum absolute atomic E-state index is 0.00877. The molecule has 0 fully saturated rings. The number of anilines is 2. The number of methoxy groups -OCH3 is 1. The summed E-state index contributed by atoms with van der Waals surface area (Å²) in [5, 5.41) is 3.01. The van der Waals surface area contributed by atoms with E-state index in [1.165, 1.54) is 19.2 Å². The zero-order valence-corrected chi connectivity index (χ0v) is 21.0. The van der Waals surface area contributed by atoms with Gasteiger partial charge in [-0.3, -0.25) is 4.98 Å². The van der Waals surface area contributed by atoms with Gasteiger partial charge in [0.25, 0.3) is 6.01 Å². The van der Waals surface area contributed by atoms with Gasteiger partial charge in [-0.25, -0.2) is 13.4 Å². The Kier molecular flexibility index (Phi) is 8.48. The third kappa shape index (κ3) is 6.60. The Balaban J connectivity index is 1.83. The number of allylic oxidation sites excluding steroid dienone is 5. The van der Waals surface area contributed by atoms with Gasteiger partial charge in [-0.2, -0.15) is 0 Å². The van der Waals surface area contributed by atoms with Crippen LogP contribution in [-0.4, -0.2) is 31.2 Å². The summed E-state index contributed by atoms with van der Waals surface area (Å²) in [5.74, 6) is 1.59. The molecule has 9 heteroatoms. The van der Waals surface area contributed by atoms with E-state index in [1.54, 1.807) is 43.7 Å². The average molecular weight is 496 g/mol. The first-order valence-corrected chi connectivity index (χ1v) is 12.6. The molecule has 0 saturated heterocycles. The highest BCUT2D eigenvalue weighted by Gasteiger charge is 2.17. The minimum atomic E-state index is -3.39. The summed E-state index contributed by atoms with van der Waals surface area (Å²) in [6.07, 6.45) is 10.1. The maximum absolute atomic E-state index is 12.3. The van der Waals surface area contributed by atoms with E-state index >= 15 is 0 Å². The zero-order chi connectivity index (χ0) is 25.4. The first-order chi connectivity index (χ1) is 16.8. The summed E-state index contributed by atoms with van der Waals surface area (Å²) in [6, 6.07) is 8.58. The van der Waals surface area contributed by atoms with Gasteiger partial charge in [-0.1, -0.05) is 25.7 Å². The molecule has 0 saturated carbocycles. The van der Waals surface area contributed by atoms with Crippen molar-refractivity contribution < 1.29 is 22.3 Å². The van der Waals surface area contributed by atoms with Crippen molar-refractivity contribution in [2.24, 2.45) is 0 Å². The van der Waals surface area contributed by atoms with E-state index in [0.29, 0.717) is 28.5 Å². The van der Waals surface area contributed by atoms with Gasteiger partial charge in [0.2, 0.25) is 0 Å². The number of hydrogen-bond acceptors (Lipinski definition) is 8. The van der Waals surface area contributed by atoms with Crippen molar-refractivity contribution in [1.82, 2.24) is 9.97 Å². The number of aromatic nitrogens is 2. The van der Waals surface area contributed by atoms with Crippen LogP contribution < -0.4 is 10.1 Å². The maximum atomic E-state index is 12.3. The lowest BCUT2D eigenvalue weighted by molar-refractivity contribution is 0.135. The number of ether oxygens (including phenoxy) is 2. The lowest BCUT2D eigenvalue weighted by atomic mass is 10.1. The molecule has 1 N–H and O–H groups in total. The first kappa shape index (κ1) is 25.8. The molecule has 2 aromatic heterocycles. The number of sulfone groups is 1. The highest BCUT2D eigenvalue weighted by atomic mass is 32.2. The van der Waals surface area contributed by atoms with Crippen LogP contribution in [-0.2, 0) is 14.6 Å². The molecule has 0 amide bonds. The molecule has 1 atom stereocenters. The largest absolute Gasteiger partial charge is 0.495 e. The van der Waals surface area contributed by atoms with Gasteiger partial charge in [0.05, 0.1) is 35.4 Å². The summed E-state index contributed by atoms with van der Waals surface area (Å²) in [4.78, 5) is 8.49. The van der Waals surface area contributed by atoms with Crippen LogP contribution in [0.5, 0.6) is 5.75 Å². The predicted octanol–water partition coefficient (Wildman–Crippen LogP) is 5.87. The SMILES string of the molecule is C=C/C=C(\C=C(/C)OC(C)c1ccncc1)c1cnc(Nc2cc(S(=O)(=O)CC)ccc2OC)o1. The number of rotatable bonds is 11. The summed E-state index contributed by atoms with van der Waals surface area (Å²) >= 11 is 0. The van der Waals surface area contributed by atoms with Gasteiger partial charge >= 0.3 is 0 Å². The predicted molar refractivity (Wildman–Crippen MR) is 136 cm³/mol. The van der Waals surface area contributed by atoms with Gasteiger partial charge in [0.1, 0.15) is 11.9 Å². The second-order valence-corrected chi connectivity index (χ2v) is 9.85. The number of oxazole rings is 1. The fourth-order valence-electron chi connectivity index (χ4n) is 3.29. The lowest BCUT2D eigenvalue weighted by Gasteiger charge is -2.15. The van der Waals surface area contributed by atoms with Crippen molar-refractivity contribution in [3.05, 3.63) is 90.8 Å². The van der Waals surface area contributed by atoms with Crippen LogP contribution in [0.1, 0.15) is 38.2 Å². The van der Waals surface area contributed by atoms with E-state index in [9.17, 15) is 8.42 Å². The first-order valence-electron chi connectivity index (χ1n) is 11.0. The Hall–Kier alpha value is -3.85. The molecule has 2 heterocycles. The fraction of sp³-hybridized carbons (Fsp3) is 0.231. The molecule has 0 aliphatic heterocycles. The summed E-state index contributed by atoms with van der Waals surface area (Å²) in [5.41, 5.74) is 2.13. The van der Waals surface area contributed by atoms with Crippen molar-refractivity contribution in [1.29, 1.82) is 0 Å². The highest BCUT2D eigenvalue weighted by Crippen LogP contribution is 2.32. The highest BCUT2D eigenvalue weighted by molar-refractivity contribution is 7.91. The van der Waals surface area contributed by atoms with Gasteiger partial charge < -0.3 is 19.2 Å². The molecule has 184 valence electrons. The standard InChI is InChI=1S/C26H29N3O5S/c1-6-8-21(15-18(3)33-19(4)20-11-13-27-14-12-20)25-17-28-26(34-25)29-23-16-22(35(30,31)7-2)9-10-24(23)32-5/h6,8-17,19H,1,7H2,2-5H3,(H,28,29)/b18-15+,21-8+. The van der Waals surface area contributed by atoms with Gasteiger partial charge in [0, 0.05) is 18.0 Å². The molecule has 8 nitrogen and oxygen atoms in total. The Bertz CT molecular complexity index is 1330. The second-order valence-electron chi connectivity index (χ2n) is 7.57. The van der Waals surface area contributed by atoms with Crippen LogP contribution in [0.2, 0.25) is 0 Å². The molecular formula is C26H29N3O5S. The van der Waals surface area contributed by atoms with Crippen LogP contribution in [0.3, 0.4) is 0 Å². The Morgan fingerprint density at radius 2 is 2.00 bits per heavy atom. The van der Waals surface area contributed by atoms with Crippen molar-refractivity contribution in [3.63, 3.8) is 0 Å². The molecule has 35 heavy (non-hydrogen) atoms. The third-order valence-corrected chi connectivity index (χ3v) is 6.87. The van der Waals surface area contributed by atoms with E-state index in [2.05, 4.69) is 21.9 Å². The van der Waals surface area contributed by atoms with E-state index in [1.807, 2.05) is 32.1 Å². The Morgan fingerprint density at radius 3 is 2.66 bits per heavy atom. The van der Waals surface area contributed by atoms with Gasteiger partial charge in [-0.15, -0.1) is 0 Å².